The Hall–Kier alpha value is -2.68. The fraction of sp³-hybridized carbons (Fsp3) is 0.368. The number of benzene rings is 1. The van der Waals surface area contributed by atoms with Crippen molar-refractivity contribution in [2.75, 3.05) is 5.32 Å². The van der Waals surface area contributed by atoms with Gasteiger partial charge in [0.25, 0.3) is 0 Å². The molecular formula is C19H20ClF3N6. The molecule has 0 atom stereocenters. The van der Waals surface area contributed by atoms with Crippen LogP contribution in [0, 0.1) is 0 Å². The molecule has 2 heterocycles. The maximum absolute atomic E-state index is 13.1. The second-order valence-corrected chi connectivity index (χ2v) is 7.03. The molecule has 0 unspecified atom stereocenters. The molecule has 154 valence electrons. The molecule has 29 heavy (non-hydrogen) atoms. The minimum absolute atomic E-state index is 0.121. The van der Waals surface area contributed by atoms with E-state index in [0.29, 0.717) is 30.3 Å². The lowest BCUT2D eigenvalue weighted by Crippen LogP contribution is -2.07. The van der Waals surface area contributed by atoms with Gasteiger partial charge in [0.05, 0.1) is 0 Å². The predicted molar refractivity (Wildman–Crippen MR) is 105 cm³/mol. The van der Waals surface area contributed by atoms with Gasteiger partial charge in [0.2, 0.25) is 11.2 Å². The number of anilines is 1. The molecule has 1 aromatic carbocycles. The van der Waals surface area contributed by atoms with Crippen molar-refractivity contribution >= 4 is 17.5 Å². The summed E-state index contributed by atoms with van der Waals surface area (Å²) in [5.41, 5.74) is 0.613. The van der Waals surface area contributed by atoms with E-state index >= 15 is 0 Å². The number of aromatic nitrogens is 5. The number of hydrogen-bond acceptors (Lipinski definition) is 5. The Labute approximate surface area is 171 Å². The summed E-state index contributed by atoms with van der Waals surface area (Å²) in [6.07, 6.45) is -2.80. The monoisotopic (exact) mass is 424 g/mol. The van der Waals surface area contributed by atoms with E-state index in [2.05, 4.69) is 25.3 Å². The van der Waals surface area contributed by atoms with E-state index in [4.69, 9.17) is 11.6 Å². The van der Waals surface area contributed by atoms with Crippen LogP contribution in [0.5, 0.6) is 0 Å². The minimum Gasteiger partial charge on any atom is -0.350 e. The summed E-state index contributed by atoms with van der Waals surface area (Å²) in [4.78, 5) is 16.1. The van der Waals surface area contributed by atoms with Crippen LogP contribution in [-0.2, 0) is 19.1 Å². The minimum atomic E-state index is -4.48. The van der Waals surface area contributed by atoms with Crippen LogP contribution >= 0.6 is 11.6 Å². The molecule has 10 heteroatoms. The number of hydrogen-bond donors (Lipinski definition) is 1. The number of alkyl halides is 3. The molecule has 0 amide bonds. The standard InChI is InChI=1S/C19H20ClF3N6/c1-4-15-26-17(20)28-18(27-15)24-9-12-5-7-13(8-6-12)16-25-14(19(21,22)23)10-29(16)11(2)3/h5-8,10-11H,4,9H2,1-3H3,(H,24,26,27,28). The molecule has 2 aromatic heterocycles. The Bertz CT molecular complexity index is 983. The van der Waals surface area contributed by atoms with Crippen LogP contribution in [0.25, 0.3) is 11.4 Å². The Morgan fingerprint density at radius 2 is 1.76 bits per heavy atom. The van der Waals surface area contributed by atoms with Crippen LogP contribution in [0.4, 0.5) is 19.1 Å². The third kappa shape index (κ3) is 5.03. The number of rotatable bonds is 6. The quantitative estimate of drug-likeness (QED) is 0.591. The second kappa shape index (κ2) is 8.36. The van der Waals surface area contributed by atoms with E-state index in [1.54, 1.807) is 12.1 Å². The first-order valence-corrected chi connectivity index (χ1v) is 9.45. The normalized spacial score (nSPS) is 11.9. The lowest BCUT2D eigenvalue weighted by molar-refractivity contribution is -0.140. The molecule has 0 saturated heterocycles. The van der Waals surface area contributed by atoms with E-state index in [1.807, 2.05) is 32.9 Å². The molecule has 0 aliphatic rings. The van der Waals surface area contributed by atoms with Crippen molar-refractivity contribution in [3.8, 4) is 11.4 Å². The van der Waals surface area contributed by atoms with Gasteiger partial charge in [-0.1, -0.05) is 31.2 Å². The summed E-state index contributed by atoms with van der Waals surface area (Å²) in [6.45, 7) is 5.97. The van der Waals surface area contributed by atoms with Crippen molar-refractivity contribution in [2.45, 2.75) is 46.0 Å². The highest BCUT2D eigenvalue weighted by molar-refractivity contribution is 6.28. The first-order chi connectivity index (χ1) is 13.7. The van der Waals surface area contributed by atoms with Gasteiger partial charge in [0.15, 0.2) is 5.69 Å². The van der Waals surface area contributed by atoms with Crippen molar-refractivity contribution < 1.29 is 13.2 Å². The first kappa shape index (κ1) is 21.0. The third-order valence-electron chi connectivity index (χ3n) is 4.21. The number of aryl methyl sites for hydroxylation is 1. The Balaban J connectivity index is 1.79. The van der Waals surface area contributed by atoms with Gasteiger partial charge in [-0.3, -0.25) is 0 Å². The van der Waals surface area contributed by atoms with Crippen molar-refractivity contribution in [1.29, 1.82) is 0 Å². The van der Waals surface area contributed by atoms with Crippen LogP contribution < -0.4 is 5.32 Å². The molecule has 0 fully saturated rings. The molecule has 3 aromatic rings. The lowest BCUT2D eigenvalue weighted by atomic mass is 10.1. The van der Waals surface area contributed by atoms with Crippen LogP contribution in [0.1, 0.15) is 43.9 Å². The predicted octanol–water partition coefficient (Wildman–Crippen LogP) is 5.16. The summed E-state index contributed by atoms with van der Waals surface area (Å²) in [5.74, 6) is 1.24. The smallest absolute Gasteiger partial charge is 0.350 e. The van der Waals surface area contributed by atoms with Gasteiger partial charge in [-0.15, -0.1) is 0 Å². The second-order valence-electron chi connectivity index (χ2n) is 6.70. The zero-order valence-electron chi connectivity index (χ0n) is 16.1. The van der Waals surface area contributed by atoms with Crippen molar-refractivity contribution in [1.82, 2.24) is 24.5 Å². The van der Waals surface area contributed by atoms with E-state index in [1.165, 1.54) is 4.57 Å². The highest BCUT2D eigenvalue weighted by atomic mass is 35.5. The Kier molecular flexibility index (Phi) is 6.07. The molecule has 6 nitrogen and oxygen atoms in total. The highest BCUT2D eigenvalue weighted by Crippen LogP contribution is 2.32. The van der Waals surface area contributed by atoms with Crippen molar-refractivity contribution in [3.63, 3.8) is 0 Å². The van der Waals surface area contributed by atoms with Crippen LogP contribution in [0.15, 0.2) is 30.5 Å². The summed E-state index contributed by atoms with van der Waals surface area (Å²) < 4.78 is 40.7. The lowest BCUT2D eigenvalue weighted by Gasteiger charge is -2.12. The molecule has 0 radical (unpaired) electrons. The van der Waals surface area contributed by atoms with Crippen LogP contribution in [0.2, 0.25) is 5.28 Å². The molecule has 0 bridgehead atoms. The van der Waals surface area contributed by atoms with E-state index in [0.717, 1.165) is 11.8 Å². The zero-order valence-corrected chi connectivity index (χ0v) is 16.9. The Morgan fingerprint density at radius 1 is 1.07 bits per heavy atom. The summed E-state index contributed by atoms with van der Waals surface area (Å²) in [5, 5.41) is 3.19. The number of halogens is 4. The van der Waals surface area contributed by atoms with Crippen molar-refractivity contribution in [2.24, 2.45) is 0 Å². The number of nitrogens with zero attached hydrogens (tertiary/aromatic N) is 5. The molecule has 1 N–H and O–H groups in total. The summed E-state index contributed by atoms with van der Waals surface area (Å²) in [7, 11) is 0. The summed E-state index contributed by atoms with van der Waals surface area (Å²) in [6, 6.07) is 6.97. The fourth-order valence-electron chi connectivity index (χ4n) is 2.72. The maximum atomic E-state index is 13.1. The maximum Gasteiger partial charge on any atom is 0.434 e. The van der Waals surface area contributed by atoms with Gasteiger partial charge in [0, 0.05) is 30.8 Å². The van der Waals surface area contributed by atoms with Gasteiger partial charge in [-0.25, -0.2) is 9.97 Å². The molecule has 0 aliphatic heterocycles. The van der Waals surface area contributed by atoms with E-state index in [-0.39, 0.29) is 17.1 Å². The van der Waals surface area contributed by atoms with Gasteiger partial charge >= 0.3 is 6.18 Å². The molecule has 0 aliphatic carbocycles. The SMILES string of the molecule is CCc1nc(Cl)nc(NCc2ccc(-c3nc(C(F)(F)F)cn3C(C)C)cc2)n1. The average Bonchev–Trinajstić information content (AvgIpc) is 3.12. The fourth-order valence-corrected chi connectivity index (χ4v) is 2.90. The van der Waals surface area contributed by atoms with Gasteiger partial charge in [-0.2, -0.15) is 23.1 Å². The zero-order chi connectivity index (χ0) is 21.2. The molecule has 0 saturated carbocycles. The van der Waals surface area contributed by atoms with Gasteiger partial charge < -0.3 is 9.88 Å². The number of imidazole rings is 1. The van der Waals surface area contributed by atoms with E-state index < -0.39 is 11.9 Å². The first-order valence-electron chi connectivity index (χ1n) is 9.07. The van der Waals surface area contributed by atoms with E-state index in [9.17, 15) is 13.2 Å². The largest absolute Gasteiger partial charge is 0.434 e. The summed E-state index contributed by atoms with van der Waals surface area (Å²) >= 11 is 5.88. The molecular weight excluding hydrogens is 405 g/mol. The van der Waals surface area contributed by atoms with Crippen LogP contribution in [0.3, 0.4) is 0 Å². The third-order valence-corrected chi connectivity index (χ3v) is 4.38. The topological polar surface area (TPSA) is 68.5 Å². The molecule has 3 rings (SSSR count). The number of nitrogens with one attached hydrogen (secondary N) is 1. The van der Waals surface area contributed by atoms with Crippen molar-refractivity contribution in [3.05, 3.63) is 52.8 Å². The van der Waals surface area contributed by atoms with Crippen LogP contribution in [-0.4, -0.2) is 24.5 Å². The average molecular weight is 425 g/mol. The molecule has 0 spiro atoms. The Morgan fingerprint density at radius 3 is 2.34 bits per heavy atom. The van der Waals surface area contributed by atoms with Gasteiger partial charge in [0.1, 0.15) is 11.6 Å². The van der Waals surface area contributed by atoms with Gasteiger partial charge in [-0.05, 0) is 31.0 Å². The highest BCUT2D eigenvalue weighted by Gasteiger charge is 2.35.